The second-order valence-corrected chi connectivity index (χ2v) is 8.89. The van der Waals surface area contributed by atoms with Gasteiger partial charge >= 0.3 is 5.97 Å². The lowest BCUT2D eigenvalue weighted by Crippen LogP contribution is -2.30. The van der Waals surface area contributed by atoms with Gasteiger partial charge in [-0.2, -0.15) is 0 Å². The number of nitrogens with one attached hydrogen (secondary N) is 1. The van der Waals surface area contributed by atoms with Gasteiger partial charge in [-0.1, -0.05) is 103 Å². The number of rotatable bonds is 19. The zero-order chi connectivity index (χ0) is 22.0. The van der Waals surface area contributed by atoms with Gasteiger partial charge in [-0.3, -0.25) is 0 Å². The Balaban J connectivity index is 2.01. The molecule has 0 radical (unpaired) electrons. The zero-order valence-corrected chi connectivity index (χ0v) is 19.5. The molecule has 0 saturated carbocycles. The molecule has 2 unspecified atom stereocenters. The topological polar surface area (TPSA) is 75.3 Å². The van der Waals surface area contributed by atoms with E-state index < -0.39 is 5.97 Å². The summed E-state index contributed by atoms with van der Waals surface area (Å²) in [5.41, 5.74) is 7.35. The smallest absolute Gasteiger partial charge is 0.337 e. The molecule has 172 valence electrons. The van der Waals surface area contributed by atoms with Crippen molar-refractivity contribution in [2.75, 3.05) is 11.9 Å². The van der Waals surface area contributed by atoms with Crippen LogP contribution < -0.4 is 11.1 Å². The number of nitrogens with two attached hydrogens (primary N) is 1. The molecule has 1 rings (SSSR count). The van der Waals surface area contributed by atoms with E-state index in [9.17, 15) is 9.90 Å². The van der Waals surface area contributed by atoms with E-state index in [1.54, 1.807) is 12.1 Å². The summed E-state index contributed by atoms with van der Waals surface area (Å²) in [7, 11) is 0. The van der Waals surface area contributed by atoms with Gasteiger partial charge in [0.05, 0.1) is 5.56 Å². The summed E-state index contributed by atoms with van der Waals surface area (Å²) in [5, 5.41) is 12.5. The fourth-order valence-electron chi connectivity index (χ4n) is 4.00. The maximum absolute atomic E-state index is 11.3. The van der Waals surface area contributed by atoms with Crippen molar-refractivity contribution in [2.24, 2.45) is 11.7 Å². The van der Waals surface area contributed by atoms with Crippen molar-refractivity contribution >= 4 is 11.7 Å². The molecule has 0 aliphatic rings. The van der Waals surface area contributed by atoms with Gasteiger partial charge in [0.1, 0.15) is 0 Å². The fraction of sp³-hybridized carbons (Fsp3) is 0.731. The van der Waals surface area contributed by atoms with Crippen LogP contribution in [0.15, 0.2) is 24.3 Å². The molecule has 0 bridgehead atoms. The lowest BCUT2D eigenvalue weighted by Gasteiger charge is -2.20. The molecule has 0 saturated heterocycles. The average molecular weight is 419 g/mol. The molecule has 0 fully saturated rings. The van der Waals surface area contributed by atoms with Crippen molar-refractivity contribution in [3.05, 3.63) is 29.8 Å². The van der Waals surface area contributed by atoms with Gasteiger partial charge in [0, 0.05) is 18.3 Å². The van der Waals surface area contributed by atoms with Gasteiger partial charge in [0.25, 0.3) is 0 Å². The quantitative estimate of drug-likeness (QED) is 0.207. The van der Waals surface area contributed by atoms with Crippen molar-refractivity contribution < 1.29 is 9.90 Å². The monoisotopic (exact) mass is 418 g/mol. The van der Waals surface area contributed by atoms with E-state index in [1.807, 2.05) is 12.1 Å². The average Bonchev–Trinajstić information content (AvgIpc) is 2.74. The lowest BCUT2D eigenvalue weighted by atomic mass is 9.93. The molecule has 1 aromatic carbocycles. The number of hydrogen-bond donors (Lipinski definition) is 3. The summed E-state index contributed by atoms with van der Waals surface area (Å²) in [6.07, 6.45) is 18.6. The molecular formula is C26H46N2O2. The van der Waals surface area contributed by atoms with Crippen LogP contribution in [0.2, 0.25) is 0 Å². The van der Waals surface area contributed by atoms with E-state index in [-0.39, 0.29) is 6.04 Å². The maximum atomic E-state index is 11.3. The summed E-state index contributed by atoms with van der Waals surface area (Å²) in [6, 6.07) is 7.19. The second kappa shape index (κ2) is 17.2. The number of carboxylic acid groups (broad SMARTS) is 1. The van der Waals surface area contributed by atoms with E-state index in [2.05, 4.69) is 19.2 Å². The first-order valence-corrected chi connectivity index (χ1v) is 12.4. The minimum Gasteiger partial charge on any atom is -0.478 e. The van der Waals surface area contributed by atoms with Gasteiger partial charge in [-0.05, 0) is 30.9 Å². The Bertz CT molecular complexity index is 562. The van der Waals surface area contributed by atoms with Crippen LogP contribution in [0.3, 0.4) is 0 Å². The zero-order valence-electron chi connectivity index (χ0n) is 19.5. The van der Waals surface area contributed by atoms with Gasteiger partial charge in [0.2, 0.25) is 0 Å². The Morgan fingerprint density at radius 1 is 0.900 bits per heavy atom. The first kappa shape index (κ1) is 26.5. The second-order valence-electron chi connectivity index (χ2n) is 8.89. The Morgan fingerprint density at radius 2 is 1.43 bits per heavy atom. The highest BCUT2D eigenvalue weighted by molar-refractivity contribution is 5.94. The molecule has 4 N–H and O–H groups in total. The van der Waals surface area contributed by atoms with Gasteiger partial charge < -0.3 is 16.2 Å². The molecule has 4 heteroatoms. The molecule has 2 atom stereocenters. The molecule has 0 aliphatic heterocycles. The van der Waals surface area contributed by atoms with Crippen LogP contribution in [0, 0.1) is 5.92 Å². The molecule has 30 heavy (non-hydrogen) atoms. The molecular weight excluding hydrogens is 372 g/mol. The standard InChI is InChI=1S/C26H46N2O2/c1-3-4-5-6-7-8-9-10-11-12-13-14-17-22(2)24(27)20-21-28-25-19-16-15-18-23(25)26(29)30/h15-16,18-19,22,24,28H,3-14,17,20-21,27H2,1-2H3,(H,29,30). The van der Waals surface area contributed by atoms with E-state index in [4.69, 9.17) is 5.73 Å². The van der Waals surface area contributed by atoms with E-state index in [0.717, 1.165) is 6.42 Å². The Hall–Kier alpha value is -1.55. The predicted molar refractivity (Wildman–Crippen MR) is 129 cm³/mol. The molecule has 0 aliphatic carbocycles. The number of aromatic carboxylic acids is 1. The summed E-state index contributed by atoms with van der Waals surface area (Å²) in [5.74, 6) is -0.396. The van der Waals surface area contributed by atoms with E-state index >= 15 is 0 Å². The summed E-state index contributed by atoms with van der Waals surface area (Å²) in [6.45, 7) is 5.22. The van der Waals surface area contributed by atoms with Crippen molar-refractivity contribution in [1.82, 2.24) is 0 Å². The molecule has 0 aromatic heterocycles. The summed E-state index contributed by atoms with van der Waals surface area (Å²) in [4.78, 5) is 11.3. The van der Waals surface area contributed by atoms with Gasteiger partial charge in [-0.15, -0.1) is 0 Å². The van der Waals surface area contributed by atoms with Gasteiger partial charge in [0.15, 0.2) is 0 Å². The summed E-state index contributed by atoms with van der Waals surface area (Å²) >= 11 is 0. The molecule has 0 amide bonds. The number of carbonyl (C=O) groups is 1. The molecule has 1 aromatic rings. The third kappa shape index (κ3) is 12.2. The van der Waals surface area contributed by atoms with Crippen molar-refractivity contribution in [3.63, 3.8) is 0 Å². The number of carboxylic acids is 1. The van der Waals surface area contributed by atoms with E-state index in [1.165, 1.54) is 83.5 Å². The van der Waals surface area contributed by atoms with Crippen LogP contribution in [-0.2, 0) is 0 Å². The first-order chi connectivity index (χ1) is 14.6. The lowest BCUT2D eigenvalue weighted by molar-refractivity contribution is 0.0698. The largest absolute Gasteiger partial charge is 0.478 e. The molecule has 0 spiro atoms. The van der Waals surface area contributed by atoms with Crippen LogP contribution in [-0.4, -0.2) is 23.7 Å². The van der Waals surface area contributed by atoms with Crippen molar-refractivity contribution in [1.29, 1.82) is 0 Å². The highest BCUT2D eigenvalue weighted by atomic mass is 16.4. The highest BCUT2D eigenvalue weighted by Gasteiger charge is 2.13. The van der Waals surface area contributed by atoms with E-state index in [0.29, 0.717) is 23.7 Å². The van der Waals surface area contributed by atoms with Crippen molar-refractivity contribution in [2.45, 2.75) is 110 Å². The fourth-order valence-corrected chi connectivity index (χ4v) is 4.00. The minimum atomic E-state index is -0.900. The Kier molecular flexibility index (Phi) is 15.2. The Labute approximate surface area is 185 Å². The minimum absolute atomic E-state index is 0.155. The highest BCUT2D eigenvalue weighted by Crippen LogP contribution is 2.18. The van der Waals surface area contributed by atoms with Crippen molar-refractivity contribution in [3.8, 4) is 0 Å². The first-order valence-electron chi connectivity index (χ1n) is 12.4. The number of hydrogen-bond acceptors (Lipinski definition) is 3. The van der Waals surface area contributed by atoms with Crippen LogP contribution in [0.4, 0.5) is 5.69 Å². The summed E-state index contributed by atoms with van der Waals surface area (Å²) < 4.78 is 0. The SMILES string of the molecule is CCCCCCCCCCCCCCC(C)C(N)CCNc1ccccc1C(=O)O. The predicted octanol–water partition coefficient (Wildman–Crippen LogP) is 7.24. The number of benzene rings is 1. The van der Waals surface area contributed by atoms with Crippen LogP contribution in [0.1, 0.15) is 114 Å². The van der Waals surface area contributed by atoms with Gasteiger partial charge in [-0.25, -0.2) is 4.79 Å². The maximum Gasteiger partial charge on any atom is 0.337 e. The van der Waals surface area contributed by atoms with Crippen LogP contribution in [0.25, 0.3) is 0 Å². The number of anilines is 1. The molecule has 4 nitrogen and oxygen atoms in total. The van der Waals surface area contributed by atoms with Crippen LogP contribution in [0.5, 0.6) is 0 Å². The number of para-hydroxylation sites is 1. The number of unbranched alkanes of at least 4 members (excludes halogenated alkanes) is 11. The normalized spacial score (nSPS) is 13.2. The molecule has 0 heterocycles. The van der Waals surface area contributed by atoms with Crippen LogP contribution >= 0.6 is 0 Å². The Morgan fingerprint density at radius 3 is 2.00 bits per heavy atom. The third-order valence-electron chi connectivity index (χ3n) is 6.19. The third-order valence-corrected chi connectivity index (χ3v) is 6.19.